The van der Waals surface area contributed by atoms with Crippen LogP contribution in [-0.2, 0) is 12.8 Å². The second-order valence-corrected chi connectivity index (χ2v) is 8.26. The van der Waals surface area contributed by atoms with Gasteiger partial charge in [0.25, 0.3) is 5.56 Å². The minimum Gasteiger partial charge on any atom is -0.493 e. The Morgan fingerprint density at radius 2 is 1.72 bits per heavy atom. The summed E-state index contributed by atoms with van der Waals surface area (Å²) in [5, 5.41) is 5.97. The number of halogens is 3. The minimum atomic E-state index is -0.283. The molecule has 0 aliphatic carbocycles. The molecule has 0 aliphatic heterocycles. The molecule has 4 aromatic rings. The van der Waals surface area contributed by atoms with Crippen LogP contribution < -0.4 is 15.0 Å². The van der Waals surface area contributed by atoms with Gasteiger partial charge in [-0.2, -0.15) is 5.10 Å². The molecule has 7 nitrogen and oxygen atoms in total. The average Bonchev–Trinajstić information content (AvgIpc) is 3.11. The molecular weight excluding hydrogens is 475 g/mol. The van der Waals surface area contributed by atoms with Crippen molar-refractivity contribution in [3.8, 4) is 17.2 Å². The van der Waals surface area contributed by atoms with Gasteiger partial charge in [0, 0.05) is 11.4 Å². The van der Waals surface area contributed by atoms with E-state index in [0.29, 0.717) is 67.6 Å². The SMILES string of the molecule is CCc1nn(-c2c(Cl)cc(Cl)cc2Cl)c2nc(Cc3ccc(OC)c(OC)c3)[nH]c(=O)c12. The van der Waals surface area contributed by atoms with E-state index in [-0.39, 0.29) is 5.56 Å². The highest BCUT2D eigenvalue weighted by Gasteiger charge is 2.21. The number of nitrogens with zero attached hydrogens (tertiary/aromatic N) is 3. The van der Waals surface area contributed by atoms with Crippen LogP contribution in [-0.4, -0.2) is 34.0 Å². The highest BCUT2D eigenvalue weighted by atomic mass is 35.5. The molecule has 2 heterocycles. The monoisotopic (exact) mass is 492 g/mol. The Kier molecular flexibility index (Phi) is 6.33. The first-order valence-electron chi connectivity index (χ1n) is 9.72. The van der Waals surface area contributed by atoms with Gasteiger partial charge >= 0.3 is 0 Å². The quantitative estimate of drug-likeness (QED) is 0.397. The number of rotatable bonds is 6. The predicted molar refractivity (Wildman–Crippen MR) is 126 cm³/mol. The topological polar surface area (TPSA) is 82.0 Å². The predicted octanol–water partition coefficient (Wildman–Crippen LogP) is 5.24. The van der Waals surface area contributed by atoms with Gasteiger partial charge in [-0.25, -0.2) is 9.67 Å². The van der Waals surface area contributed by atoms with Crippen LogP contribution in [0.2, 0.25) is 15.1 Å². The first-order chi connectivity index (χ1) is 15.4. The third-order valence-corrected chi connectivity index (χ3v) is 5.80. The van der Waals surface area contributed by atoms with Crippen molar-refractivity contribution in [2.24, 2.45) is 0 Å². The van der Waals surface area contributed by atoms with Crippen molar-refractivity contribution in [3.63, 3.8) is 0 Å². The number of nitrogens with one attached hydrogen (secondary N) is 1. The fourth-order valence-electron chi connectivity index (χ4n) is 3.55. The Hall–Kier alpha value is -2.74. The van der Waals surface area contributed by atoms with Crippen molar-refractivity contribution in [2.75, 3.05) is 14.2 Å². The third-order valence-electron chi connectivity index (χ3n) is 5.01. The number of ether oxygens (including phenoxy) is 2. The van der Waals surface area contributed by atoms with Gasteiger partial charge in [-0.15, -0.1) is 0 Å². The van der Waals surface area contributed by atoms with Crippen LogP contribution in [0.4, 0.5) is 0 Å². The molecule has 0 aliphatic rings. The van der Waals surface area contributed by atoms with Crippen molar-refractivity contribution >= 4 is 45.8 Å². The van der Waals surface area contributed by atoms with Gasteiger partial charge in [0.05, 0.1) is 30.0 Å². The highest BCUT2D eigenvalue weighted by molar-refractivity contribution is 6.40. The van der Waals surface area contributed by atoms with Crippen LogP contribution in [0.25, 0.3) is 16.7 Å². The van der Waals surface area contributed by atoms with Crippen LogP contribution in [0.3, 0.4) is 0 Å². The number of hydrogen-bond acceptors (Lipinski definition) is 5. The summed E-state index contributed by atoms with van der Waals surface area (Å²) >= 11 is 18.9. The van der Waals surface area contributed by atoms with Crippen molar-refractivity contribution < 1.29 is 9.47 Å². The molecule has 0 saturated carbocycles. The molecule has 0 unspecified atom stereocenters. The summed E-state index contributed by atoms with van der Waals surface area (Å²) in [5.41, 5.74) is 1.97. The van der Waals surface area contributed by atoms with Gasteiger partial charge in [-0.3, -0.25) is 4.79 Å². The van der Waals surface area contributed by atoms with Gasteiger partial charge < -0.3 is 14.5 Å². The lowest BCUT2D eigenvalue weighted by Crippen LogP contribution is -2.13. The lowest BCUT2D eigenvalue weighted by molar-refractivity contribution is 0.354. The van der Waals surface area contributed by atoms with E-state index in [0.717, 1.165) is 5.56 Å². The molecule has 0 bridgehead atoms. The maximum absolute atomic E-state index is 13.0. The molecule has 0 saturated heterocycles. The van der Waals surface area contributed by atoms with Gasteiger partial charge in [0.15, 0.2) is 17.1 Å². The summed E-state index contributed by atoms with van der Waals surface area (Å²) in [6.45, 7) is 1.91. The molecule has 32 heavy (non-hydrogen) atoms. The zero-order valence-electron chi connectivity index (χ0n) is 17.5. The van der Waals surface area contributed by atoms with Gasteiger partial charge in [-0.1, -0.05) is 47.8 Å². The maximum Gasteiger partial charge on any atom is 0.262 e. The number of aromatic amines is 1. The molecular formula is C22H19Cl3N4O3. The van der Waals surface area contributed by atoms with E-state index in [1.165, 1.54) is 4.68 Å². The molecule has 0 radical (unpaired) electrons. The molecule has 10 heteroatoms. The molecule has 0 fully saturated rings. The van der Waals surface area contributed by atoms with Gasteiger partial charge in [0.2, 0.25) is 0 Å². The molecule has 1 N–H and O–H groups in total. The third kappa shape index (κ3) is 4.03. The van der Waals surface area contributed by atoms with Crippen LogP contribution in [0.15, 0.2) is 35.1 Å². The number of aromatic nitrogens is 4. The lowest BCUT2D eigenvalue weighted by Gasteiger charge is -2.10. The van der Waals surface area contributed by atoms with Crippen molar-refractivity contribution in [1.29, 1.82) is 0 Å². The average molecular weight is 494 g/mol. The highest BCUT2D eigenvalue weighted by Crippen LogP contribution is 2.34. The molecule has 166 valence electrons. The number of H-pyrrole nitrogens is 1. The zero-order chi connectivity index (χ0) is 23.0. The van der Waals surface area contributed by atoms with Gasteiger partial charge in [-0.05, 0) is 36.2 Å². The van der Waals surface area contributed by atoms with E-state index in [1.807, 2.05) is 19.1 Å². The van der Waals surface area contributed by atoms with Crippen LogP contribution >= 0.6 is 34.8 Å². The maximum atomic E-state index is 13.0. The second-order valence-electron chi connectivity index (χ2n) is 7.01. The Morgan fingerprint density at radius 1 is 1.03 bits per heavy atom. The largest absolute Gasteiger partial charge is 0.493 e. The number of fused-ring (bicyclic) bond motifs is 1. The lowest BCUT2D eigenvalue weighted by atomic mass is 10.1. The number of methoxy groups -OCH3 is 2. The number of aryl methyl sites for hydroxylation is 1. The van der Waals surface area contributed by atoms with Crippen LogP contribution in [0, 0.1) is 0 Å². The fraction of sp³-hybridized carbons (Fsp3) is 0.227. The second kappa shape index (κ2) is 9.02. The molecule has 2 aromatic carbocycles. The van der Waals surface area contributed by atoms with Crippen LogP contribution in [0.5, 0.6) is 11.5 Å². The Morgan fingerprint density at radius 3 is 2.34 bits per heavy atom. The van der Waals surface area contributed by atoms with E-state index in [9.17, 15) is 4.79 Å². The molecule has 0 atom stereocenters. The Bertz CT molecular complexity index is 1360. The van der Waals surface area contributed by atoms with E-state index in [2.05, 4.69) is 10.1 Å². The number of hydrogen-bond donors (Lipinski definition) is 1. The van der Waals surface area contributed by atoms with Gasteiger partial charge in [0.1, 0.15) is 16.9 Å². The van der Waals surface area contributed by atoms with E-state index >= 15 is 0 Å². The van der Waals surface area contributed by atoms with E-state index in [4.69, 9.17) is 49.3 Å². The zero-order valence-corrected chi connectivity index (χ0v) is 19.8. The first-order valence-corrected chi connectivity index (χ1v) is 10.9. The molecule has 2 aromatic heterocycles. The minimum absolute atomic E-state index is 0.283. The Balaban J connectivity index is 1.88. The molecule has 0 amide bonds. The summed E-state index contributed by atoms with van der Waals surface area (Å²) in [5.74, 6) is 1.66. The van der Waals surface area contributed by atoms with Crippen molar-refractivity contribution in [1.82, 2.24) is 19.7 Å². The summed E-state index contributed by atoms with van der Waals surface area (Å²) in [6.07, 6.45) is 0.895. The standard InChI is InChI=1S/C22H19Cl3N4O3/c1-4-15-19-21(29(28-15)20-13(24)9-12(23)10-14(20)25)26-18(27-22(19)30)8-11-5-6-16(31-2)17(7-11)32-3/h5-7,9-10H,4,8H2,1-3H3,(H,26,27,30). The van der Waals surface area contributed by atoms with E-state index < -0.39 is 0 Å². The fourth-order valence-corrected chi connectivity index (χ4v) is 4.52. The summed E-state index contributed by atoms with van der Waals surface area (Å²) in [6, 6.07) is 8.66. The first kappa shape index (κ1) is 22.5. The smallest absolute Gasteiger partial charge is 0.262 e. The molecule has 4 rings (SSSR count). The Labute approximate surface area is 198 Å². The normalized spacial score (nSPS) is 11.2. The molecule has 0 spiro atoms. The summed E-state index contributed by atoms with van der Waals surface area (Å²) < 4.78 is 12.2. The number of benzene rings is 2. The van der Waals surface area contributed by atoms with Crippen LogP contribution in [0.1, 0.15) is 24.0 Å². The van der Waals surface area contributed by atoms with Crippen molar-refractivity contribution in [2.45, 2.75) is 19.8 Å². The summed E-state index contributed by atoms with van der Waals surface area (Å²) in [7, 11) is 3.14. The van der Waals surface area contributed by atoms with E-state index in [1.54, 1.807) is 32.4 Å². The summed E-state index contributed by atoms with van der Waals surface area (Å²) in [4.78, 5) is 20.5. The van der Waals surface area contributed by atoms with Crippen molar-refractivity contribution in [3.05, 3.63) is 72.8 Å².